The molecule has 4 heteroatoms. The number of hydrogen-bond donors (Lipinski definition) is 0. The Morgan fingerprint density at radius 1 is 1.23 bits per heavy atom. The van der Waals surface area contributed by atoms with E-state index in [2.05, 4.69) is 31.2 Å². The Morgan fingerprint density at radius 2 is 2.08 bits per heavy atom. The number of carbonyl (C=O) groups excluding carboxylic acids is 1. The van der Waals surface area contributed by atoms with Gasteiger partial charge in [0.1, 0.15) is 11.3 Å². The molecule has 1 heterocycles. The summed E-state index contributed by atoms with van der Waals surface area (Å²) in [5.41, 5.74) is 4.10. The zero-order valence-corrected chi connectivity index (χ0v) is 15.2. The molecule has 4 rings (SSSR count). The monoisotopic (exact) mass is 349 g/mol. The first kappa shape index (κ1) is 16.7. The van der Waals surface area contributed by atoms with Gasteiger partial charge in [-0.25, -0.2) is 0 Å². The number of nitrogens with zero attached hydrogens (tertiary/aromatic N) is 1. The van der Waals surface area contributed by atoms with E-state index < -0.39 is 0 Å². The zero-order valence-electron chi connectivity index (χ0n) is 15.2. The standard InChI is InChI=1S/C22H23NO3/c1-15-4-3-5-16(10-15)13-23(18-6-7-18)22(24)11-17-14-26-21-12-19(25-2)8-9-20(17)21/h3-5,8-10,12,14,18H,6-7,11,13H2,1-2H3. The third kappa shape index (κ3) is 3.45. The molecule has 26 heavy (non-hydrogen) atoms. The third-order valence-electron chi connectivity index (χ3n) is 4.95. The van der Waals surface area contributed by atoms with E-state index in [1.807, 2.05) is 23.1 Å². The number of hydrogen-bond acceptors (Lipinski definition) is 3. The normalized spacial score (nSPS) is 13.8. The molecular weight excluding hydrogens is 326 g/mol. The number of furan rings is 1. The van der Waals surface area contributed by atoms with E-state index in [9.17, 15) is 4.79 Å². The van der Waals surface area contributed by atoms with Crippen molar-refractivity contribution in [2.75, 3.05) is 7.11 Å². The smallest absolute Gasteiger partial charge is 0.227 e. The lowest BCUT2D eigenvalue weighted by molar-refractivity contribution is -0.131. The highest BCUT2D eigenvalue weighted by Gasteiger charge is 2.32. The molecule has 0 atom stereocenters. The maximum absolute atomic E-state index is 13.0. The topological polar surface area (TPSA) is 42.7 Å². The minimum Gasteiger partial charge on any atom is -0.497 e. The summed E-state index contributed by atoms with van der Waals surface area (Å²) < 4.78 is 10.9. The van der Waals surface area contributed by atoms with Crippen LogP contribution in [-0.4, -0.2) is 24.0 Å². The molecule has 3 aromatic rings. The van der Waals surface area contributed by atoms with Crippen LogP contribution in [0, 0.1) is 6.92 Å². The number of carbonyl (C=O) groups is 1. The van der Waals surface area contributed by atoms with Crippen LogP contribution in [0.1, 0.15) is 29.5 Å². The SMILES string of the molecule is COc1ccc2c(CC(=O)N(Cc3cccc(C)c3)C3CC3)coc2c1. The van der Waals surface area contributed by atoms with Gasteiger partial charge in [0.05, 0.1) is 19.8 Å². The van der Waals surface area contributed by atoms with Crippen molar-refractivity contribution in [3.05, 3.63) is 65.4 Å². The van der Waals surface area contributed by atoms with Crippen molar-refractivity contribution in [2.24, 2.45) is 0 Å². The molecule has 0 aliphatic heterocycles. The van der Waals surface area contributed by atoms with Gasteiger partial charge in [-0.15, -0.1) is 0 Å². The number of rotatable bonds is 6. The molecule has 0 bridgehead atoms. The first-order valence-electron chi connectivity index (χ1n) is 9.03. The zero-order chi connectivity index (χ0) is 18.1. The fourth-order valence-electron chi connectivity index (χ4n) is 3.41. The van der Waals surface area contributed by atoms with Gasteiger partial charge in [-0.3, -0.25) is 4.79 Å². The van der Waals surface area contributed by atoms with E-state index in [1.165, 1.54) is 11.1 Å². The molecule has 134 valence electrons. The van der Waals surface area contributed by atoms with Gasteiger partial charge in [0.2, 0.25) is 5.91 Å². The Kier molecular flexibility index (Phi) is 4.41. The fraction of sp³-hybridized carbons (Fsp3) is 0.318. The number of aryl methyl sites for hydroxylation is 1. The lowest BCUT2D eigenvalue weighted by Crippen LogP contribution is -2.33. The van der Waals surface area contributed by atoms with Crippen molar-refractivity contribution < 1.29 is 13.9 Å². The predicted molar refractivity (Wildman–Crippen MR) is 101 cm³/mol. The van der Waals surface area contributed by atoms with Crippen molar-refractivity contribution >= 4 is 16.9 Å². The average molecular weight is 349 g/mol. The number of benzene rings is 2. The largest absolute Gasteiger partial charge is 0.497 e. The van der Waals surface area contributed by atoms with Gasteiger partial charge in [0.25, 0.3) is 0 Å². The average Bonchev–Trinajstić information content (AvgIpc) is 3.41. The Balaban J connectivity index is 1.53. The first-order chi connectivity index (χ1) is 12.6. The molecule has 1 aromatic heterocycles. The van der Waals surface area contributed by atoms with Crippen molar-refractivity contribution in [2.45, 2.75) is 38.8 Å². The second kappa shape index (κ2) is 6.87. The van der Waals surface area contributed by atoms with Crippen LogP contribution in [0.2, 0.25) is 0 Å². The van der Waals surface area contributed by atoms with Gasteiger partial charge in [-0.1, -0.05) is 29.8 Å². The molecule has 1 fully saturated rings. The highest BCUT2D eigenvalue weighted by Crippen LogP contribution is 2.31. The molecule has 1 amide bonds. The van der Waals surface area contributed by atoms with E-state index in [1.54, 1.807) is 13.4 Å². The van der Waals surface area contributed by atoms with Crippen LogP contribution < -0.4 is 4.74 Å². The number of methoxy groups -OCH3 is 1. The predicted octanol–water partition coefficient (Wildman–Crippen LogP) is 4.48. The lowest BCUT2D eigenvalue weighted by atomic mass is 10.1. The van der Waals surface area contributed by atoms with E-state index in [4.69, 9.17) is 9.15 Å². The van der Waals surface area contributed by atoms with Gasteiger partial charge in [0, 0.05) is 29.6 Å². The molecule has 2 aromatic carbocycles. The van der Waals surface area contributed by atoms with Crippen LogP contribution in [0.4, 0.5) is 0 Å². The Bertz CT molecular complexity index is 939. The van der Waals surface area contributed by atoms with Crippen molar-refractivity contribution in [1.82, 2.24) is 4.90 Å². The number of amides is 1. The summed E-state index contributed by atoms with van der Waals surface area (Å²) in [5.74, 6) is 0.913. The second-order valence-electron chi connectivity index (χ2n) is 7.04. The molecule has 0 radical (unpaired) electrons. The molecule has 0 unspecified atom stereocenters. The third-order valence-corrected chi connectivity index (χ3v) is 4.95. The van der Waals surface area contributed by atoms with Crippen molar-refractivity contribution in [3.63, 3.8) is 0 Å². The highest BCUT2D eigenvalue weighted by atomic mass is 16.5. The van der Waals surface area contributed by atoms with Crippen LogP contribution >= 0.6 is 0 Å². The minimum atomic E-state index is 0.160. The molecular formula is C22H23NO3. The summed E-state index contributed by atoms with van der Waals surface area (Å²) in [6.45, 7) is 2.76. The van der Waals surface area contributed by atoms with Crippen LogP contribution in [0.3, 0.4) is 0 Å². The maximum atomic E-state index is 13.0. The number of fused-ring (bicyclic) bond motifs is 1. The van der Waals surface area contributed by atoms with Gasteiger partial charge in [-0.2, -0.15) is 0 Å². The van der Waals surface area contributed by atoms with Gasteiger partial charge < -0.3 is 14.1 Å². The molecule has 4 nitrogen and oxygen atoms in total. The highest BCUT2D eigenvalue weighted by molar-refractivity contribution is 5.88. The molecule has 0 N–H and O–H groups in total. The summed E-state index contributed by atoms with van der Waals surface area (Å²) in [4.78, 5) is 15.0. The Labute approximate surface area is 153 Å². The summed E-state index contributed by atoms with van der Waals surface area (Å²) in [7, 11) is 1.63. The summed E-state index contributed by atoms with van der Waals surface area (Å²) in [6, 6.07) is 14.5. The van der Waals surface area contributed by atoms with Crippen molar-refractivity contribution in [3.8, 4) is 5.75 Å². The van der Waals surface area contributed by atoms with E-state index >= 15 is 0 Å². The van der Waals surface area contributed by atoms with Gasteiger partial charge in [0.15, 0.2) is 0 Å². The quantitative estimate of drug-likeness (QED) is 0.659. The van der Waals surface area contributed by atoms with Crippen LogP contribution in [0.25, 0.3) is 11.0 Å². The molecule has 0 saturated heterocycles. The van der Waals surface area contributed by atoms with Crippen molar-refractivity contribution in [1.29, 1.82) is 0 Å². The second-order valence-corrected chi connectivity index (χ2v) is 7.04. The molecule has 1 aliphatic carbocycles. The molecule has 1 aliphatic rings. The van der Waals surface area contributed by atoms with Crippen LogP contribution in [0.5, 0.6) is 5.75 Å². The van der Waals surface area contributed by atoms with E-state index in [-0.39, 0.29) is 5.91 Å². The summed E-state index contributed by atoms with van der Waals surface area (Å²) >= 11 is 0. The first-order valence-corrected chi connectivity index (χ1v) is 9.03. The molecule has 1 saturated carbocycles. The van der Waals surface area contributed by atoms with E-state index in [0.717, 1.165) is 35.1 Å². The van der Waals surface area contributed by atoms with E-state index in [0.29, 0.717) is 19.0 Å². The Morgan fingerprint density at radius 3 is 2.81 bits per heavy atom. The summed E-state index contributed by atoms with van der Waals surface area (Å²) in [6.07, 6.45) is 4.25. The maximum Gasteiger partial charge on any atom is 0.227 e. The number of ether oxygens (including phenoxy) is 1. The minimum absolute atomic E-state index is 0.160. The molecule has 0 spiro atoms. The van der Waals surface area contributed by atoms with Crippen LogP contribution in [-0.2, 0) is 17.8 Å². The summed E-state index contributed by atoms with van der Waals surface area (Å²) in [5, 5.41) is 0.977. The Hall–Kier alpha value is -2.75. The fourth-order valence-corrected chi connectivity index (χ4v) is 3.41. The lowest BCUT2D eigenvalue weighted by Gasteiger charge is -2.22. The van der Waals surface area contributed by atoms with Crippen LogP contribution in [0.15, 0.2) is 53.1 Å². The van der Waals surface area contributed by atoms with Gasteiger partial charge in [-0.05, 0) is 37.5 Å². The van der Waals surface area contributed by atoms with Gasteiger partial charge >= 0.3 is 0 Å².